The summed E-state index contributed by atoms with van der Waals surface area (Å²) in [5.41, 5.74) is 40.0. The number of nitrogens with zero attached hydrogens (tertiary/aromatic N) is 12. The number of fused-ring (bicyclic) bond motifs is 7. The Labute approximate surface area is 800 Å². The van der Waals surface area contributed by atoms with Gasteiger partial charge in [-0.2, -0.15) is 35.7 Å². The number of hydrogen-bond donors (Lipinski definition) is 7. The van der Waals surface area contributed by atoms with Gasteiger partial charge in [-0.3, -0.25) is 79.4 Å². The molecule has 11 heterocycles. The molecule has 0 bridgehead atoms. The van der Waals surface area contributed by atoms with Gasteiger partial charge >= 0.3 is 0 Å². The van der Waals surface area contributed by atoms with Gasteiger partial charge in [0.1, 0.15) is 11.0 Å². The molecule has 702 valence electrons. The lowest BCUT2D eigenvalue weighted by Crippen LogP contribution is -2.32. The molecule has 0 spiro atoms. The average molecular weight is 1890 g/mol. The van der Waals surface area contributed by atoms with E-state index in [1.54, 1.807) is 31.0 Å². The summed E-state index contributed by atoms with van der Waals surface area (Å²) in [6, 6.07) is 19.9. The van der Waals surface area contributed by atoms with E-state index in [0.717, 1.165) is 234 Å². The zero-order chi connectivity index (χ0) is 96.1. The maximum Gasteiger partial charge on any atom is 0.160 e. The second kappa shape index (κ2) is 34.9. The van der Waals surface area contributed by atoms with Crippen LogP contribution in [0.25, 0.3) is 11.0 Å². The smallest absolute Gasteiger partial charge is 0.160 e. The normalized spacial score (nSPS) is 23.0. The van der Waals surface area contributed by atoms with Gasteiger partial charge < -0.3 is 0 Å². The summed E-state index contributed by atoms with van der Waals surface area (Å²) in [5.74, 6) is 1.59. The van der Waals surface area contributed by atoms with Gasteiger partial charge in [-0.05, 0) is 198 Å². The number of pyridine rings is 3. The van der Waals surface area contributed by atoms with E-state index in [0.29, 0.717) is 55.6 Å². The van der Waals surface area contributed by atoms with Crippen LogP contribution in [0.1, 0.15) is 332 Å². The quantitative estimate of drug-likeness (QED) is 0.0841. The molecule has 11 aromatic heterocycles. The summed E-state index contributed by atoms with van der Waals surface area (Å²) >= 11 is 3.44. The van der Waals surface area contributed by atoms with Crippen LogP contribution in [0.4, 0.5) is 0 Å². The van der Waals surface area contributed by atoms with Gasteiger partial charge in [-0.1, -0.05) is 142 Å². The summed E-state index contributed by atoms with van der Waals surface area (Å²) in [4.78, 5) is 90.4. The van der Waals surface area contributed by atoms with Crippen molar-refractivity contribution in [2.75, 3.05) is 0 Å². The molecule has 7 N–H and O–H groups in total. The Kier molecular flexibility index (Phi) is 23.8. The Morgan fingerprint density at radius 1 is 0.331 bits per heavy atom. The molecule has 0 radical (unpaired) electrons. The highest BCUT2D eigenvalue weighted by Gasteiger charge is 2.50. The average Bonchev–Trinajstić information content (AvgIpc) is 1.49. The standard InChI is InChI=1S/C20H20N4O2.C19H20BrN3O.2C19H21N3O.C17H20N4O.C15H20N2O/c1-10-16-14(22-21-10)7-11-8-20(2,3)9-15(25)17(11)18(16)12-5-4-6-13-19(12)24-26-23-13;1-10-16-14(23-22-10)6-11-7-19(2,3)8-15(24)17(11)18(16)13-5-4-12(20)9-21-13;1-11-16-14(22-21-11)8-13-9-19(2,3)10-15(23)17(13)18(16)12-4-6-20-7-5-12;1-11-16-14(22-21-11)7-13-8-19(2,3)9-15(23)17(13)18(16)12-5-4-6-20-10-12;1-9-14-12(21-19-9)6-10-7-17(2,3)8-13(22)15(10)16(14)11-4-5-18-20-11;1-8-13-9(2)16-17-11(13)5-10-6-15(3,4)7-12(18)14(8)10/h4-6,18H,7-9H2,1-3H3,(H,21,22);4-5,9,18H,6-8H2,1-3H3,(H,22,23);4-7,18H,8-10H2,1-3H3,(H,21,22);4-6,10,18H,7-9H2,1-3H3,(H,21,22);4-5,16H,6-8H2,1-3H3,(H,18,20)(H,19,21);8H,5-7H2,1-4H3,(H,16,17). The number of benzene rings is 1. The molecule has 6 atom stereocenters. The third-order valence-electron chi connectivity index (χ3n) is 30.1. The zero-order valence-electron chi connectivity index (χ0n) is 81.5. The highest BCUT2D eigenvalue weighted by molar-refractivity contribution is 9.10. The molecule has 0 fully saturated rings. The Bertz CT molecular complexity index is 6930. The lowest BCUT2D eigenvalue weighted by Gasteiger charge is -2.38. The fourth-order valence-electron chi connectivity index (χ4n) is 25.1. The van der Waals surface area contributed by atoms with Crippen molar-refractivity contribution in [1.82, 2.24) is 96.6 Å². The zero-order valence-corrected chi connectivity index (χ0v) is 83.1. The number of allylic oxidation sites excluding steroid dienone is 12. The molecule has 0 saturated carbocycles. The third kappa shape index (κ3) is 17.4. The molecule has 136 heavy (non-hydrogen) atoms. The lowest BCUT2D eigenvalue weighted by atomic mass is 9.65. The van der Waals surface area contributed by atoms with Crippen molar-refractivity contribution >= 4 is 61.7 Å². The predicted molar refractivity (Wildman–Crippen MR) is 521 cm³/mol. The highest BCUT2D eigenvalue weighted by atomic mass is 79.9. The van der Waals surface area contributed by atoms with E-state index in [1.807, 2.05) is 102 Å². The van der Waals surface area contributed by atoms with E-state index in [9.17, 15) is 28.8 Å². The number of aromatic amines is 7. The minimum Gasteiger partial charge on any atom is -0.295 e. The topological polar surface area (TPSA) is 381 Å². The Morgan fingerprint density at radius 3 is 1.09 bits per heavy atom. The Morgan fingerprint density at radius 2 is 0.691 bits per heavy atom. The molecule has 1 aromatic carbocycles. The summed E-state index contributed by atoms with van der Waals surface area (Å²) in [7, 11) is 0. The maximum atomic E-state index is 13.2. The van der Waals surface area contributed by atoms with Gasteiger partial charge in [0.15, 0.2) is 34.7 Å². The van der Waals surface area contributed by atoms with Crippen LogP contribution in [0, 0.1) is 74.0 Å². The summed E-state index contributed by atoms with van der Waals surface area (Å²) in [5, 5.41) is 60.8. The number of H-pyrrole nitrogens is 7. The van der Waals surface area contributed by atoms with Crippen molar-refractivity contribution in [3.05, 3.63) is 299 Å². The Hall–Kier alpha value is -12.5. The fraction of sp³-hybridized carbons (Fsp3) is 0.450. The molecule has 12 aliphatic rings. The number of nitrogens with one attached hydrogen (secondary N) is 7. The number of aromatic nitrogens is 19. The van der Waals surface area contributed by atoms with Crippen LogP contribution in [0.2, 0.25) is 0 Å². The number of hydrogen-bond acceptors (Lipinski definition) is 19. The van der Waals surface area contributed by atoms with E-state index in [4.69, 9.17) is 4.63 Å². The molecular weight excluding hydrogens is 1770 g/mol. The molecule has 0 amide bonds. The third-order valence-corrected chi connectivity index (χ3v) is 30.6. The van der Waals surface area contributed by atoms with Gasteiger partial charge in [-0.25, -0.2) is 4.63 Å². The summed E-state index contributed by atoms with van der Waals surface area (Å²) in [6.07, 6.45) is 25.1. The number of carbonyl (C=O) groups is 6. The SMILES string of the molecule is Cc1[nH]nc2c1C(C)C1=C(C2)CC(C)(C)CC1=O.Cc1[nH]nc2c1C(c1ccc(Br)cn1)C1=C(C2)CC(C)(C)CC1=O.Cc1[nH]nc2c1C(c1cccc3nonc13)C1=C(C2)CC(C)(C)CC1=O.Cc1[nH]nc2c1C(c1cccnc1)C1=C(C2)CC(C)(C)CC1=O.Cc1[nH]nc2c1C(c1ccn[nH]1)C1=C(C2)CC(C)(C)CC1=O.Cc1[nH]nc2c1C(c1ccncc1)C1=C(C2)CC(C)(C)CC1=O. The van der Waals surface area contributed by atoms with Gasteiger partial charge in [0, 0.05) is 249 Å². The number of carbonyl (C=O) groups excluding carboxylic acids is 6. The summed E-state index contributed by atoms with van der Waals surface area (Å²) < 4.78 is 5.91. The van der Waals surface area contributed by atoms with Crippen LogP contribution in [-0.2, 0) is 67.3 Å². The van der Waals surface area contributed by atoms with Crippen molar-refractivity contribution in [1.29, 1.82) is 0 Å². The number of ketones is 6. The van der Waals surface area contributed by atoms with E-state index >= 15 is 0 Å². The Balaban J connectivity index is 0.000000105. The van der Waals surface area contributed by atoms with Crippen LogP contribution in [-0.4, -0.2) is 131 Å². The molecule has 0 saturated heterocycles. The maximum absolute atomic E-state index is 13.2. The van der Waals surface area contributed by atoms with Crippen LogP contribution >= 0.6 is 15.9 Å². The monoisotopic (exact) mass is 1890 g/mol. The fourth-order valence-corrected chi connectivity index (χ4v) is 25.4. The highest BCUT2D eigenvalue weighted by Crippen LogP contribution is 2.57. The molecule has 0 aliphatic heterocycles. The van der Waals surface area contributed by atoms with E-state index < -0.39 is 0 Å². The van der Waals surface area contributed by atoms with Gasteiger partial charge in [0.2, 0.25) is 0 Å². The van der Waals surface area contributed by atoms with Crippen molar-refractivity contribution < 1.29 is 33.4 Å². The molecule has 6 unspecified atom stereocenters. The van der Waals surface area contributed by atoms with Gasteiger partial charge in [0.05, 0.1) is 51.7 Å². The first-order chi connectivity index (χ1) is 64.6. The molecular formula is C109H122BrN19O7. The molecule has 12 aromatic rings. The van der Waals surface area contributed by atoms with Crippen LogP contribution < -0.4 is 0 Å². The second-order valence-electron chi connectivity index (χ2n) is 44.9. The van der Waals surface area contributed by atoms with E-state index in [1.165, 1.54) is 50.1 Å². The van der Waals surface area contributed by atoms with Crippen LogP contribution in [0.5, 0.6) is 0 Å². The van der Waals surface area contributed by atoms with Gasteiger partial charge in [-0.15, -0.1) is 0 Å². The minimum absolute atomic E-state index is 0.000833. The number of Topliss-reactive ketones (excluding diaryl/α,β-unsaturated/α-hetero) is 6. The number of aryl methyl sites for hydroxylation is 6. The molecule has 26 nitrogen and oxygen atoms in total. The number of rotatable bonds is 5. The van der Waals surface area contributed by atoms with Crippen LogP contribution in [0.15, 0.2) is 174 Å². The lowest BCUT2D eigenvalue weighted by molar-refractivity contribution is -0.119. The van der Waals surface area contributed by atoms with E-state index in [2.05, 4.69) is 209 Å². The second-order valence-corrected chi connectivity index (χ2v) is 45.8. The molecule has 27 heteroatoms. The first-order valence-electron chi connectivity index (χ1n) is 47.9. The van der Waals surface area contributed by atoms with Crippen molar-refractivity contribution in [2.24, 2.45) is 32.5 Å². The van der Waals surface area contributed by atoms with Crippen molar-refractivity contribution in [2.45, 2.75) is 283 Å². The molecule has 24 rings (SSSR count). The first kappa shape index (κ1) is 92.5. The van der Waals surface area contributed by atoms with Crippen molar-refractivity contribution in [3.63, 3.8) is 0 Å². The van der Waals surface area contributed by atoms with Gasteiger partial charge in [0.25, 0.3) is 0 Å². The number of halogens is 1. The predicted octanol–water partition coefficient (Wildman–Crippen LogP) is 20.7. The largest absolute Gasteiger partial charge is 0.295 e. The van der Waals surface area contributed by atoms with Crippen LogP contribution in [0.3, 0.4) is 0 Å². The first-order valence-corrected chi connectivity index (χ1v) is 48.7. The summed E-state index contributed by atoms with van der Waals surface area (Å²) in [6.45, 7) is 40.5. The molecule has 12 aliphatic carbocycles. The minimum atomic E-state index is -0.160. The van der Waals surface area contributed by atoms with E-state index in [-0.39, 0.29) is 91.1 Å². The van der Waals surface area contributed by atoms with Crippen molar-refractivity contribution in [3.8, 4) is 0 Å².